The highest BCUT2D eigenvalue weighted by atomic mass is 32.2. The Morgan fingerprint density at radius 2 is 1.62 bits per heavy atom. The van der Waals surface area contributed by atoms with Crippen LogP contribution in [0.5, 0.6) is 5.75 Å². The zero-order valence-corrected chi connectivity index (χ0v) is 24.6. The molecule has 0 bridgehead atoms. The Labute approximate surface area is 247 Å². The first-order valence-electron chi connectivity index (χ1n) is 13.8. The summed E-state index contributed by atoms with van der Waals surface area (Å²) in [4.78, 5) is 15.8. The van der Waals surface area contributed by atoms with E-state index in [2.05, 4.69) is 10.0 Å². The fourth-order valence-corrected chi connectivity index (χ4v) is 6.38. The molecule has 0 saturated heterocycles. The number of hydrogen-bond donors (Lipinski definition) is 3. The van der Waals surface area contributed by atoms with Crippen molar-refractivity contribution < 1.29 is 23.1 Å². The zero-order valence-electron chi connectivity index (χ0n) is 23.8. The number of benzene rings is 4. The minimum absolute atomic E-state index is 0.0916. The molecule has 1 aliphatic heterocycles. The van der Waals surface area contributed by atoms with Gasteiger partial charge in [0.15, 0.2) is 0 Å². The third-order valence-electron chi connectivity index (χ3n) is 7.33. The van der Waals surface area contributed by atoms with Crippen molar-refractivity contribution in [2.45, 2.75) is 43.4 Å². The molecule has 0 unspecified atom stereocenters. The van der Waals surface area contributed by atoms with Crippen LogP contribution in [-0.4, -0.2) is 44.2 Å². The standard InChI is InChI=1S/C33H35N3O5S/c1-23-11-10-16-27(21-23)42(39,40)35-30-28-22-24(17-18-29(28)41-33(2,3)31(30)37)32(38)36(26-14-8-5-9-15-26)20-19-34-25-12-6-4-7-13-25/h4-18,21-22,30-31,34-35,37H,19-20H2,1-3H3/t30-,31+/m1/s1. The van der Waals surface area contributed by atoms with E-state index in [9.17, 15) is 18.3 Å². The maximum Gasteiger partial charge on any atom is 0.258 e. The van der Waals surface area contributed by atoms with Gasteiger partial charge in [-0.05, 0) is 80.9 Å². The van der Waals surface area contributed by atoms with E-state index < -0.39 is 27.8 Å². The van der Waals surface area contributed by atoms with Gasteiger partial charge in [0.05, 0.1) is 10.9 Å². The summed E-state index contributed by atoms with van der Waals surface area (Å²) in [6.07, 6.45) is -1.23. The second-order valence-corrected chi connectivity index (χ2v) is 12.6. The van der Waals surface area contributed by atoms with Crippen LogP contribution >= 0.6 is 0 Å². The topological polar surface area (TPSA) is 108 Å². The average molecular weight is 586 g/mol. The number of nitrogens with zero attached hydrogens (tertiary/aromatic N) is 1. The highest BCUT2D eigenvalue weighted by Gasteiger charge is 2.45. The molecule has 4 aromatic rings. The number of aliphatic hydroxyl groups excluding tert-OH is 1. The molecule has 3 N–H and O–H groups in total. The van der Waals surface area contributed by atoms with Crippen molar-refractivity contribution >= 4 is 27.3 Å². The number of aliphatic hydroxyl groups is 1. The van der Waals surface area contributed by atoms with Crippen LogP contribution in [0.25, 0.3) is 0 Å². The quantitative estimate of drug-likeness (QED) is 0.246. The Morgan fingerprint density at radius 3 is 2.31 bits per heavy atom. The smallest absolute Gasteiger partial charge is 0.258 e. The molecule has 0 aliphatic carbocycles. The average Bonchev–Trinajstić information content (AvgIpc) is 2.98. The van der Waals surface area contributed by atoms with Crippen LogP contribution in [0.1, 0.15) is 41.4 Å². The predicted octanol–water partition coefficient (Wildman–Crippen LogP) is 5.31. The normalized spacial score (nSPS) is 17.5. The van der Waals surface area contributed by atoms with E-state index in [1.54, 1.807) is 49.1 Å². The van der Waals surface area contributed by atoms with Gasteiger partial charge in [-0.1, -0.05) is 48.5 Å². The number of anilines is 2. The lowest BCUT2D eigenvalue weighted by Gasteiger charge is -2.42. The lowest BCUT2D eigenvalue weighted by molar-refractivity contribution is -0.0603. The molecule has 42 heavy (non-hydrogen) atoms. The van der Waals surface area contributed by atoms with Gasteiger partial charge in [-0.3, -0.25) is 4.79 Å². The SMILES string of the molecule is Cc1cccc(S(=O)(=O)N[C@@H]2c3cc(C(=O)N(CCNc4ccccc4)c4ccccc4)ccc3OC(C)(C)[C@H]2O)c1. The van der Waals surface area contributed by atoms with E-state index in [1.165, 1.54) is 6.07 Å². The van der Waals surface area contributed by atoms with Crippen LogP contribution in [0, 0.1) is 6.92 Å². The van der Waals surface area contributed by atoms with Crippen LogP contribution in [-0.2, 0) is 10.0 Å². The number of aryl methyl sites for hydroxylation is 1. The molecule has 2 atom stereocenters. The van der Waals surface area contributed by atoms with Gasteiger partial charge in [0, 0.05) is 35.6 Å². The highest BCUT2D eigenvalue weighted by Crippen LogP contribution is 2.41. The second-order valence-electron chi connectivity index (χ2n) is 10.9. The molecule has 0 fully saturated rings. The lowest BCUT2D eigenvalue weighted by Crippen LogP contribution is -2.53. The van der Waals surface area contributed by atoms with E-state index in [1.807, 2.05) is 73.7 Å². The van der Waals surface area contributed by atoms with Crippen LogP contribution < -0.4 is 19.7 Å². The van der Waals surface area contributed by atoms with Crippen molar-refractivity contribution in [3.8, 4) is 5.75 Å². The number of nitrogens with one attached hydrogen (secondary N) is 2. The summed E-state index contributed by atoms with van der Waals surface area (Å²) in [7, 11) is -4.01. The highest BCUT2D eigenvalue weighted by molar-refractivity contribution is 7.89. The summed E-state index contributed by atoms with van der Waals surface area (Å²) < 4.78 is 35.6. The molecule has 0 radical (unpaired) electrons. The van der Waals surface area contributed by atoms with Gasteiger partial charge in [-0.15, -0.1) is 0 Å². The monoisotopic (exact) mass is 585 g/mol. The Bertz CT molecular complexity index is 1660. The zero-order chi connectivity index (χ0) is 29.9. The summed E-state index contributed by atoms with van der Waals surface area (Å²) in [6, 6.07) is 29.6. The van der Waals surface area contributed by atoms with E-state index in [0.717, 1.165) is 16.9 Å². The van der Waals surface area contributed by atoms with Gasteiger partial charge < -0.3 is 20.1 Å². The predicted molar refractivity (Wildman–Crippen MR) is 164 cm³/mol. The van der Waals surface area contributed by atoms with Crippen LogP contribution in [0.15, 0.2) is 108 Å². The number of hydrogen-bond acceptors (Lipinski definition) is 6. The van der Waals surface area contributed by atoms with E-state index in [4.69, 9.17) is 4.74 Å². The second kappa shape index (κ2) is 12.0. The first-order valence-corrected chi connectivity index (χ1v) is 15.3. The molecule has 218 valence electrons. The summed E-state index contributed by atoms with van der Waals surface area (Å²) in [5.74, 6) is 0.134. The number of fused-ring (bicyclic) bond motifs is 1. The van der Waals surface area contributed by atoms with Gasteiger partial charge in [0.1, 0.15) is 17.5 Å². The van der Waals surface area contributed by atoms with Crippen molar-refractivity contribution in [3.63, 3.8) is 0 Å². The van der Waals surface area contributed by atoms with Crippen molar-refractivity contribution in [2.75, 3.05) is 23.3 Å². The van der Waals surface area contributed by atoms with Crippen LogP contribution in [0.3, 0.4) is 0 Å². The van der Waals surface area contributed by atoms with Crippen LogP contribution in [0.4, 0.5) is 11.4 Å². The molecule has 4 aromatic carbocycles. The van der Waals surface area contributed by atoms with Gasteiger partial charge in [-0.2, -0.15) is 0 Å². The molecule has 1 aliphatic rings. The van der Waals surface area contributed by atoms with Crippen molar-refractivity contribution in [1.82, 2.24) is 4.72 Å². The van der Waals surface area contributed by atoms with E-state index in [0.29, 0.717) is 30.0 Å². The number of carbonyl (C=O) groups is 1. The molecule has 9 heteroatoms. The first kappa shape index (κ1) is 29.3. The Kier molecular flexibility index (Phi) is 8.36. The van der Waals surface area contributed by atoms with Crippen molar-refractivity contribution in [1.29, 1.82) is 0 Å². The minimum Gasteiger partial charge on any atom is -0.485 e. The number of para-hydroxylation sites is 2. The number of ether oxygens (including phenoxy) is 1. The molecular formula is C33H35N3O5S. The number of carbonyl (C=O) groups excluding carboxylic acids is 1. The maximum absolute atomic E-state index is 14.0. The molecule has 5 rings (SSSR count). The Morgan fingerprint density at radius 1 is 0.929 bits per heavy atom. The summed E-state index contributed by atoms with van der Waals surface area (Å²) in [5.41, 5.74) is 2.11. The Balaban J connectivity index is 1.47. The summed E-state index contributed by atoms with van der Waals surface area (Å²) in [5, 5.41) is 14.6. The van der Waals surface area contributed by atoms with Crippen molar-refractivity contribution in [3.05, 3.63) is 120 Å². The van der Waals surface area contributed by atoms with Crippen LogP contribution in [0.2, 0.25) is 0 Å². The van der Waals surface area contributed by atoms with Gasteiger partial charge >= 0.3 is 0 Å². The van der Waals surface area contributed by atoms with Gasteiger partial charge in [-0.25, -0.2) is 13.1 Å². The fourth-order valence-electron chi connectivity index (χ4n) is 5.06. The molecule has 1 heterocycles. The molecule has 0 spiro atoms. The lowest BCUT2D eigenvalue weighted by atomic mass is 9.86. The molecule has 8 nitrogen and oxygen atoms in total. The molecule has 1 amide bonds. The molecule has 0 saturated carbocycles. The fraction of sp³-hybridized carbons (Fsp3) is 0.242. The number of sulfonamides is 1. The third-order valence-corrected chi connectivity index (χ3v) is 8.76. The molecular weight excluding hydrogens is 550 g/mol. The molecule has 0 aromatic heterocycles. The first-order chi connectivity index (χ1) is 20.0. The largest absolute Gasteiger partial charge is 0.485 e. The number of rotatable bonds is 9. The summed E-state index contributed by atoms with van der Waals surface area (Å²) >= 11 is 0. The van der Waals surface area contributed by atoms with Crippen molar-refractivity contribution in [2.24, 2.45) is 0 Å². The van der Waals surface area contributed by atoms with E-state index in [-0.39, 0.29) is 10.8 Å². The van der Waals surface area contributed by atoms with Gasteiger partial charge in [0.25, 0.3) is 5.91 Å². The minimum atomic E-state index is -4.01. The maximum atomic E-state index is 14.0. The van der Waals surface area contributed by atoms with Gasteiger partial charge in [0.2, 0.25) is 10.0 Å². The third kappa shape index (κ3) is 6.33. The summed E-state index contributed by atoms with van der Waals surface area (Å²) in [6.45, 7) is 6.09. The van der Waals surface area contributed by atoms with E-state index >= 15 is 0 Å². The number of amides is 1. The Hall–Kier alpha value is -4.18.